The lowest BCUT2D eigenvalue weighted by molar-refractivity contribution is -0.140. The molecule has 0 fully saturated rings. The fourth-order valence-corrected chi connectivity index (χ4v) is 6.58. The van der Waals surface area contributed by atoms with E-state index in [-0.39, 0.29) is 34.6 Å². The first-order valence-electron chi connectivity index (χ1n) is 14.8. The quantitative estimate of drug-likeness (QED) is 0.162. The van der Waals surface area contributed by atoms with Crippen LogP contribution in [0, 0.1) is 12.7 Å². The van der Waals surface area contributed by atoms with Crippen LogP contribution in [0.4, 0.5) is 10.1 Å². The Balaban J connectivity index is 1.83. The molecule has 0 aliphatic heterocycles. The molecule has 0 aromatic heterocycles. The molecule has 0 heterocycles. The molecule has 0 unspecified atom stereocenters. The lowest BCUT2D eigenvalue weighted by atomic mass is 10.0. The van der Waals surface area contributed by atoms with Gasteiger partial charge in [-0.05, 0) is 67.8 Å². The Kier molecular flexibility index (Phi) is 11.8. The summed E-state index contributed by atoms with van der Waals surface area (Å²) in [5, 5.41) is 3.54. The van der Waals surface area contributed by atoms with Crippen LogP contribution in [0.15, 0.2) is 102 Å². The van der Waals surface area contributed by atoms with Crippen LogP contribution in [0.3, 0.4) is 0 Å². The van der Waals surface area contributed by atoms with Gasteiger partial charge >= 0.3 is 0 Å². The fourth-order valence-electron chi connectivity index (χ4n) is 4.83. The molecule has 0 spiro atoms. The van der Waals surface area contributed by atoms with Crippen molar-refractivity contribution >= 4 is 50.7 Å². The summed E-state index contributed by atoms with van der Waals surface area (Å²) in [5.74, 6) is -1.95. The topological polar surface area (TPSA) is 86.8 Å². The first kappa shape index (κ1) is 34.9. The monoisotopic (exact) mass is 683 g/mol. The highest BCUT2D eigenvalue weighted by atomic mass is 35.5. The zero-order valence-electron chi connectivity index (χ0n) is 25.8. The summed E-state index contributed by atoms with van der Waals surface area (Å²) in [6, 6.07) is 24.2. The van der Waals surface area contributed by atoms with E-state index in [1.807, 2.05) is 51.1 Å². The van der Waals surface area contributed by atoms with Crippen LogP contribution in [0.1, 0.15) is 37.0 Å². The highest BCUT2D eigenvalue weighted by Crippen LogP contribution is 2.28. The minimum atomic E-state index is -4.43. The summed E-state index contributed by atoms with van der Waals surface area (Å²) in [4.78, 5) is 29.6. The molecule has 4 aromatic rings. The summed E-state index contributed by atoms with van der Waals surface area (Å²) < 4.78 is 44.1. The predicted octanol–water partition coefficient (Wildman–Crippen LogP) is 7.19. The Morgan fingerprint density at radius 2 is 1.52 bits per heavy atom. The molecule has 4 rings (SSSR count). The van der Waals surface area contributed by atoms with Crippen LogP contribution in [-0.4, -0.2) is 43.8 Å². The van der Waals surface area contributed by atoms with E-state index in [9.17, 15) is 18.0 Å². The number of nitrogens with one attached hydrogen (secondary N) is 1. The third-order valence-electron chi connectivity index (χ3n) is 7.62. The summed E-state index contributed by atoms with van der Waals surface area (Å²) in [6.07, 6.45) is 0.793. The minimum Gasteiger partial charge on any atom is -0.352 e. The van der Waals surface area contributed by atoms with Crippen LogP contribution in [0.25, 0.3) is 0 Å². The number of carbonyl (C=O) groups excluding carboxylic acids is 2. The van der Waals surface area contributed by atoms with Crippen LogP contribution in [-0.2, 0) is 32.6 Å². The summed E-state index contributed by atoms with van der Waals surface area (Å²) in [5.41, 5.74) is 1.89. The Bertz CT molecular complexity index is 1770. The van der Waals surface area contributed by atoms with Gasteiger partial charge in [-0.25, -0.2) is 12.8 Å². The number of hydrogen-bond donors (Lipinski definition) is 1. The number of rotatable bonds is 13. The Morgan fingerprint density at radius 1 is 0.870 bits per heavy atom. The molecule has 11 heteroatoms. The zero-order chi connectivity index (χ0) is 33.4. The van der Waals surface area contributed by atoms with Gasteiger partial charge in [0.2, 0.25) is 11.8 Å². The van der Waals surface area contributed by atoms with E-state index < -0.39 is 40.2 Å². The minimum absolute atomic E-state index is 0.100. The number of anilines is 1. The van der Waals surface area contributed by atoms with Gasteiger partial charge in [-0.3, -0.25) is 13.9 Å². The molecule has 0 bridgehead atoms. The van der Waals surface area contributed by atoms with Crippen molar-refractivity contribution in [3.63, 3.8) is 0 Å². The first-order valence-corrected chi connectivity index (χ1v) is 17.0. The van der Waals surface area contributed by atoms with Crippen molar-refractivity contribution in [2.75, 3.05) is 10.8 Å². The zero-order valence-corrected chi connectivity index (χ0v) is 28.1. The van der Waals surface area contributed by atoms with E-state index in [0.717, 1.165) is 21.5 Å². The normalized spacial score (nSPS) is 12.7. The Labute approximate surface area is 280 Å². The van der Waals surface area contributed by atoms with Gasteiger partial charge in [-0.2, -0.15) is 0 Å². The Hall–Kier alpha value is -3.92. The van der Waals surface area contributed by atoms with Gasteiger partial charge in [-0.15, -0.1) is 0 Å². The van der Waals surface area contributed by atoms with Crippen molar-refractivity contribution in [2.45, 2.75) is 57.1 Å². The maximum absolute atomic E-state index is 15.3. The number of hydrogen-bond acceptors (Lipinski definition) is 4. The molecule has 0 saturated carbocycles. The van der Waals surface area contributed by atoms with Crippen LogP contribution in [0.5, 0.6) is 0 Å². The van der Waals surface area contributed by atoms with E-state index in [1.54, 1.807) is 30.3 Å². The maximum atomic E-state index is 15.3. The number of aryl methyl sites for hydroxylation is 1. The van der Waals surface area contributed by atoms with Crippen molar-refractivity contribution in [1.82, 2.24) is 10.2 Å². The van der Waals surface area contributed by atoms with E-state index in [1.165, 1.54) is 35.2 Å². The summed E-state index contributed by atoms with van der Waals surface area (Å²) in [7, 11) is -4.43. The lowest BCUT2D eigenvalue weighted by Gasteiger charge is -2.34. The average Bonchev–Trinajstić information content (AvgIpc) is 3.04. The van der Waals surface area contributed by atoms with E-state index in [4.69, 9.17) is 23.2 Å². The van der Waals surface area contributed by atoms with E-state index in [0.29, 0.717) is 17.0 Å². The third-order valence-corrected chi connectivity index (χ3v) is 10.1. The number of benzene rings is 4. The van der Waals surface area contributed by atoms with Gasteiger partial charge in [0.1, 0.15) is 18.4 Å². The highest BCUT2D eigenvalue weighted by molar-refractivity contribution is 7.92. The molecule has 0 aliphatic carbocycles. The van der Waals surface area contributed by atoms with Crippen molar-refractivity contribution in [3.05, 3.63) is 130 Å². The van der Waals surface area contributed by atoms with Crippen molar-refractivity contribution in [1.29, 1.82) is 0 Å². The van der Waals surface area contributed by atoms with E-state index >= 15 is 4.39 Å². The van der Waals surface area contributed by atoms with Crippen LogP contribution >= 0.6 is 23.2 Å². The number of para-hydroxylation sites is 1. The van der Waals surface area contributed by atoms with Gasteiger partial charge in [0.25, 0.3) is 10.0 Å². The molecule has 7 nitrogen and oxygen atoms in total. The fraction of sp³-hybridized carbons (Fsp3) is 0.257. The smallest absolute Gasteiger partial charge is 0.264 e. The molecule has 2 atom stereocenters. The molecule has 242 valence electrons. The second-order valence-corrected chi connectivity index (χ2v) is 13.7. The molecule has 1 N–H and O–H groups in total. The lowest BCUT2D eigenvalue weighted by Crippen LogP contribution is -2.54. The number of halogens is 3. The molecule has 0 radical (unpaired) electrons. The van der Waals surface area contributed by atoms with Crippen molar-refractivity contribution < 1.29 is 22.4 Å². The maximum Gasteiger partial charge on any atom is 0.264 e. The molecule has 0 saturated heterocycles. The second kappa shape index (κ2) is 15.6. The molecule has 2 amide bonds. The standard InChI is InChI=1S/C35H36Cl2FN3O4S/c1-4-25(3)39-35(43)33(21-26-10-6-5-7-11-26)40(22-27-16-19-29(36)30(37)20-27)34(42)23-41(32-13-9-8-12-31(32)38)46(44,45)28-17-14-24(2)15-18-28/h5-20,25,33H,4,21-23H2,1-3H3,(H,39,43)/t25-,33-/m0/s1. The average molecular weight is 685 g/mol. The number of sulfonamides is 1. The van der Waals surface area contributed by atoms with Gasteiger partial charge in [0, 0.05) is 19.0 Å². The van der Waals surface area contributed by atoms with Gasteiger partial charge in [0.05, 0.1) is 20.6 Å². The molecule has 4 aromatic carbocycles. The molecule has 0 aliphatic rings. The SMILES string of the molecule is CC[C@H](C)NC(=O)[C@H](Cc1ccccc1)N(Cc1ccc(Cl)c(Cl)c1)C(=O)CN(c1ccccc1F)S(=O)(=O)c1ccc(C)cc1. The Morgan fingerprint density at radius 3 is 2.15 bits per heavy atom. The van der Waals surface area contributed by atoms with Crippen molar-refractivity contribution in [3.8, 4) is 0 Å². The van der Waals surface area contributed by atoms with Crippen molar-refractivity contribution in [2.24, 2.45) is 0 Å². The molecule has 46 heavy (non-hydrogen) atoms. The summed E-state index contributed by atoms with van der Waals surface area (Å²) in [6.45, 7) is 4.72. The molecular weight excluding hydrogens is 648 g/mol. The first-order chi connectivity index (χ1) is 21.9. The van der Waals surface area contributed by atoms with E-state index in [2.05, 4.69) is 5.32 Å². The van der Waals surface area contributed by atoms with Crippen LogP contribution < -0.4 is 9.62 Å². The van der Waals surface area contributed by atoms with Crippen LogP contribution in [0.2, 0.25) is 10.0 Å². The summed E-state index contributed by atoms with van der Waals surface area (Å²) >= 11 is 12.5. The molecular formula is C35H36Cl2FN3O4S. The second-order valence-electron chi connectivity index (χ2n) is 11.1. The van der Waals surface area contributed by atoms with Gasteiger partial charge in [0.15, 0.2) is 0 Å². The largest absolute Gasteiger partial charge is 0.352 e. The number of nitrogens with zero attached hydrogens (tertiary/aromatic N) is 2. The highest BCUT2D eigenvalue weighted by Gasteiger charge is 2.35. The van der Waals surface area contributed by atoms with Gasteiger partial charge < -0.3 is 10.2 Å². The third kappa shape index (κ3) is 8.66. The number of amides is 2. The predicted molar refractivity (Wildman–Crippen MR) is 181 cm³/mol. The number of carbonyl (C=O) groups is 2. The van der Waals surface area contributed by atoms with Gasteiger partial charge in [-0.1, -0.05) is 96.4 Å².